The number of hydrogen-bond acceptors (Lipinski definition) is 3. The summed E-state index contributed by atoms with van der Waals surface area (Å²) in [6, 6.07) is -0.876. The number of carbonyl (C=O) groups is 2. The van der Waals surface area contributed by atoms with Gasteiger partial charge in [-0.15, -0.1) is 11.6 Å². The first kappa shape index (κ1) is 13.5. The minimum Gasteiger partial charge on any atom is -0.331 e. The third kappa shape index (κ3) is 2.74. The summed E-state index contributed by atoms with van der Waals surface area (Å²) in [5, 5.41) is 0. The highest BCUT2D eigenvalue weighted by Gasteiger charge is 2.35. The third-order valence-electron chi connectivity index (χ3n) is 3.04. The molecule has 1 amide bonds. The Morgan fingerprint density at radius 2 is 2.12 bits per heavy atom. The smallest absolute Gasteiger partial charge is 0.240 e. The van der Waals surface area contributed by atoms with Gasteiger partial charge >= 0.3 is 0 Å². The van der Waals surface area contributed by atoms with Crippen molar-refractivity contribution in [2.24, 2.45) is 11.7 Å². The zero-order valence-electron chi connectivity index (χ0n) is 9.78. The van der Waals surface area contributed by atoms with Crippen molar-refractivity contribution in [2.75, 3.05) is 12.4 Å². The van der Waals surface area contributed by atoms with Crippen LogP contribution in [-0.4, -0.2) is 41.1 Å². The molecule has 0 aromatic rings. The molecule has 0 unspecified atom stereocenters. The van der Waals surface area contributed by atoms with Crippen molar-refractivity contribution in [3.63, 3.8) is 0 Å². The van der Waals surface area contributed by atoms with Crippen molar-refractivity contribution in [3.8, 4) is 0 Å². The second kappa shape index (κ2) is 5.64. The van der Waals surface area contributed by atoms with Gasteiger partial charge in [0.25, 0.3) is 0 Å². The lowest BCUT2D eigenvalue weighted by molar-refractivity contribution is -0.138. The van der Waals surface area contributed by atoms with Crippen molar-refractivity contribution >= 4 is 23.3 Å². The number of amides is 1. The average molecular weight is 247 g/mol. The third-order valence-corrected chi connectivity index (χ3v) is 3.31. The van der Waals surface area contributed by atoms with Crippen LogP contribution < -0.4 is 5.73 Å². The second-order valence-corrected chi connectivity index (χ2v) is 4.83. The largest absolute Gasteiger partial charge is 0.331 e. The monoisotopic (exact) mass is 246 g/mol. The fourth-order valence-corrected chi connectivity index (χ4v) is 2.11. The standard InChI is InChI=1S/C11H19ClN2O2/c1-7(2)10(13)11(16)14-5-3-4-8(14)9(15)6-12/h7-8,10H,3-6,13H2,1-2H3/t8-,10-/m0/s1. The van der Waals surface area contributed by atoms with Crippen LogP contribution in [0, 0.1) is 5.92 Å². The molecule has 0 aliphatic carbocycles. The van der Waals surface area contributed by atoms with Crippen LogP contribution in [-0.2, 0) is 9.59 Å². The Bertz CT molecular complexity index is 281. The molecule has 16 heavy (non-hydrogen) atoms. The summed E-state index contributed by atoms with van der Waals surface area (Å²) in [5.41, 5.74) is 5.81. The topological polar surface area (TPSA) is 63.4 Å². The molecule has 0 saturated carbocycles. The van der Waals surface area contributed by atoms with Gasteiger partial charge in [0.1, 0.15) is 0 Å². The van der Waals surface area contributed by atoms with E-state index in [0.29, 0.717) is 13.0 Å². The summed E-state index contributed by atoms with van der Waals surface area (Å²) in [5.74, 6) is -0.162. The number of halogens is 1. The number of hydrogen-bond donors (Lipinski definition) is 1. The molecule has 1 saturated heterocycles. The lowest BCUT2D eigenvalue weighted by atomic mass is 10.0. The molecule has 0 aromatic carbocycles. The van der Waals surface area contributed by atoms with E-state index in [-0.39, 0.29) is 29.5 Å². The predicted octanol–water partition coefficient (Wildman–Crippen LogP) is 0.769. The molecule has 1 rings (SSSR count). The van der Waals surface area contributed by atoms with E-state index in [9.17, 15) is 9.59 Å². The first-order valence-electron chi connectivity index (χ1n) is 5.63. The number of nitrogens with two attached hydrogens (primary N) is 1. The molecule has 1 fully saturated rings. The highest BCUT2D eigenvalue weighted by Crippen LogP contribution is 2.20. The second-order valence-electron chi connectivity index (χ2n) is 4.56. The van der Waals surface area contributed by atoms with E-state index in [4.69, 9.17) is 17.3 Å². The highest BCUT2D eigenvalue weighted by atomic mass is 35.5. The van der Waals surface area contributed by atoms with Crippen molar-refractivity contribution in [1.29, 1.82) is 0 Å². The van der Waals surface area contributed by atoms with Crippen molar-refractivity contribution in [2.45, 2.75) is 38.8 Å². The van der Waals surface area contributed by atoms with E-state index in [0.717, 1.165) is 6.42 Å². The van der Waals surface area contributed by atoms with Crippen LogP contribution in [0.4, 0.5) is 0 Å². The van der Waals surface area contributed by atoms with Gasteiger partial charge < -0.3 is 10.6 Å². The summed E-state index contributed by atoms with van der Waals surface area (Å²) >= 11 is 5.53. The molecule has 0 bridgehead atoms. The van der Waals surface area contributed by atoms with Crippen LogP contribution in [0.25, 0.3) is 0 Å². The molecule has 2 atom stereocenters. The van der Waals surface area contributed by atoms with Crippen LogP contribution in [0.2, 0.25) is 0 Å². The molecule has 1 aliphatic rings. The van der Waals surface area contributed by atoms with Crippen LogP contribution in [0.15, 0.2) is 0 Å². The number of ketones is 1. The SMILES string of the molecule is CC(C)[C@H](N)C(=O)N1CCC[C@H]1C(=O)CCl. The van der Waals surface area contributed by atoms with Crippen molar-refractivity contribution in [3.05, 3.63) is 0 Å². The molecule has 5 heteroatoms. The first-order chi connectivity index (χ1) is 7.49. The number of rotatable bonds is 4. The van der Waals surface area contributed by atoms with Crippen LogP contribution >= 0.6 is 11.6 Å². The lowest BCUT2D eigenvalue weighted by Crippen LogP contribution is -2.50. The fourth-order valence-electron chi connectivity index (χ4n) is 1.93. The summed E-state index contributed by atoms with van der Waals surface area (Å²) in [6.07, 6.45) is 1.56. The normalized spacial score (nSPS) is 22.6. The van der Waals surface area contributed by atoms with E-state index < -0.39 is 6.04 Å². The first-order valence-corrected chi connectivity index (χ1v) is 6.17. The van der Waals surface area contributed by atoms with Gasteiger partial charge in [-0.3, -0.25) is 9.59 Å². The number of nitrogens with zero attached hydrogens (tertiary/aromatic N) is 1. The maximum Gasteiger partial charge on any atom is 0.240 e. The highest BCUT2D eigenvalue weighted by molar-refractivity contribution is 6.28. The maximum atomic E-state index is 12.0. The summed E-state index contributed by atoms with van der Waals surface area (Å²) in [7, 11) is 0. The number of carbonyl (C=O) groups excluding carboxylic acids is 2. The molecule has 4 nitrogen and oxygen atoms in total. The maximum absolute atomic E-state index is 12.0. The average Bonchev–Trinajstić information content (AvgIpc) is 2.74. The van der Waals surface area contributed by atoms with Crippen molar-refractivity contribution < 1.29 is 9.59 Å². The van der Waals surface area contributed by atoms with Crippen LogP contribution in [0.1, 0.15) is 26.7 Å². The molecule has 1 aliphatic heterocycles. The minimum atomic E-state index is -0.524. The van der Waals surface area contributed by atoms with Gasteiger partial charge in [0.2, 0.25) is 5.91 Å². The van der Waals surface area contributed by atoms with Crippen molar-refractivity contribution in [1.82, 2.24) is 4.90 Å². The van der Waals surface area contributed by atoms with Crippen LogP contribution in [0.3, 0.4) is 0 Å². The van der Waals surface area contributed by atoms with Gasteiger partial charge in [-0.2, -0.15) is 0 Å². The molecule has 0 radical (unpaired) electrons. The predicted molar refractivity (Wildman–Crippen MR) is 63.3 cm³/mol. The Labute approximate surface area is 101 Å². The Kier molecular flexibility index (Phi) is 4.74. The van der Waals surface area contributed by atoms with Gasteiger partial charge in [-0.05, 0) is 18.8 Å². The Morgan fingerprint density at radius 3 is 2.62 bits per heavy atom. The fraction of sp³-hybridized carbons (Fsp3) is 0.818. The Morgan fingerprint density at radius 1 is 1.50 bits per heavy atom. The number of alkyl halides is 1. The molecule has 1 heterocycles. The number of likely N-dealkylation sites (tertiary alicyclic amines) is 1. The molecular formula is C11H19ClN2O2. The Balaban J connectivity index is 2.71. The minimum absolute atomic E-state index is 0.0363. The molecular weight excluding hydrogens is 228 g/mol. The summed E-state index contributed by atoms with van der Waals surface area (Å²) < 4.78 is 0. The molecule has 0 spiro atoms. The van der Waals surface area contributed by atoms with Gasteiger partial charge in [0, 0.05) is 6.54 Å². The van der Waals surface area contributed by atoms with E-state index in [1.807, 2.05) is 13.8 Å². The van der Waals surface area contributed by atoms with Gasteiger partial charge in [-0.1, -0.05) is 13.8 Å². The van der Waals surface area contributed by atoms with E-state index in [1.54, 1.807) is 4.90 Å². The van der Waals surface area contributed by atoms with Gasteiger partial charge in [0.15, 0.2) is 5.78 Å². The van der Waals surface area contributed by atoms with Gasteiger partial charge in [0.05, 0.1) is 18.0 Å². The molecule has 92 valence electrons. The lowest BCUT2D eigenvalue weighted by Gasteiger charge is -2.27. The molecule has 2 N–H and O–H groups in total. The zero-order valence-corrected chi connectivity index (χ0v) is 10.5. The Hall–Kier alpha value is -0.610. The van der Waals surface area contributed by atoms with E-state index in [1.165, 1.54) is 0 Å². The van der Waals surface area contributed by atoms with E-state index >= 15 is 0 Å². The zero-order chi connectivity index (χ0) is 12.3. The summed E-state index contributed by atoms with van der Waals surface area (Å²) in [4.78, 5) is 25.2. The summed E-state index contributed by atoms with van der Waals surface area (Å²) in [6.45, 7) is 4.42. The molecule has 0 aromatic heterocycles. The van der Waals surface area contributed by atoms with Gasteiger partial charge in [-0.25, -0.2) is 0 Å². The van der Waals surface area contributed by atoms with Crippen LogP contribution in [0.5, 0.6) is 0 Å². The quantitative estimate of drug-likeness (QED) is 0.746. The number of Topliss-reactive ketones (excluding diaryl/α,β-unsaturated/α-hetero) is 1. The van der Waals surface area contributed by atoms with E-state index in [2.05, 4.69) is 0 Å².